The van der Waals surface area contributed by atoms with E-state index in [-0.39, 0.29) is 23.1 Å². The number of nitrogens with one attached hydrogen (secondary N) is 1. The second kappa shape index (κ2) is 8.24. The molecule has 1 aromatic heterocycles. The Labute approximate surface area is 151 Å². The Kier molecular flexibility index (Phi) is 6.06. The van der Waals surface area contributed by atoms with Crippen LogP contribution in [-0.4, -0.2) is 53.4 Å². The van der Waals surface area contributed by atoms with Crippen LogP contribution in [0.5, 0.6) is 0 Å². The monoisotopic (exact) mass is 355 g/mol. The van der Waals surface area contributed by atoms with Crippen molar-refractivity contribution < 1.29 is 19.5 Å². The minimum absolute atomic E-state index is 0.0731. The maximum atomic E-state index is 12.2. The minimum atomic E-state index is -1.07. The lowest BCUT2D eigenvalue weighted by Crippen LogP contribution is -2.27. The first-order chi connectivity index (χ1) is 12.3. The van der Waals surface area contributed by atoms with Crippen molar-refractivity contribution in [3.63, 3.8) is 0 Å². The van der Waals surface area contributed by atoms with E-state index in [1.54, 1.807) is 33.2 Å². The van der Waals surface area contributed by atoms with E-state index in [4.69, 9.17) is 5.11 Å². The summed E-state index contributed by atoms with van der Waals surface area (Å²) in [6.45, 7) is 1.92. The molecule has 0 bridgehead atoms. The van der Waals surface area contributed by atoms with Crippen molar-refractivity contribution in [1.82, 2.24) is 15.2 Å². The lowest BCUT2D eigenvalue weighted by molar-refractivity contribution is 0.0694. The maximum absolute atomic E-state index is 12.2. The number of carbonyl (C=O) groups excluding carboxylic acids is 2. The van der Waals surface area contributed by atoms with E-state index in [0.717, 1.165) is 5.56 Å². The Morgan fingerprint density at radius 2 is 1.88 bits per heavy atom. The van der Waals surface area contributed by atoms with Crippen molar-refractivity contribution in [1.29, 1.82) is 0 Å². The van der Waals surface area contributed by atoms with Gasteiger partial charge in [-0.2, -0.15) is 0 Å². The van der Waals surface area contributed by atoms with Gasteiger partial charge >= 0.3 is 5.97 Å². The molecule has 0 spiro atoms. The third-order valence-electron chi connectivity index (χ3n) is 3.83. The molecule has 0 aliphatic heterocycles. The van der Waals surface area contributed by atoms with Crippen LogP contribution < -0.4 is 5.32 Å². The fourth-order valence-corrected chi connectivity index (χ4v) is 2.44. The Balaban J connectivity index is 1.96. The van der Waals surface area contributed by atoms with Crippen LogP contribution in [0.25, 0.3) is 0 Å². The topological polar surface area (TPSA) is 99.6 Å². The highest BCUT2D eigenvalue weighted by Crippen LogP contribution is 2.09. The van der Waals surface area contributed by atoms with E-state index in [0.29, 0.717) is 24.2 Å². The summed E-state index contributed by atoms with van der Waals surface area (Å²) in [6, 6.07) is 10.0. The summed E-state index contributed by atoms with van der Waals surface area (Å²) in [5.74, 6) is -1.52. The normalized spacial score (nSPS) is 10.3. The van der Waals surface area contributed by atoms with Gasteiger partial charge in [0.05, 0.1) is 11.3 Å². The molecule has 0 saturated carbocycles. The molecule has 2 rings (SSSR count). The number of aryl methyl sites for hydroxylation is 1. The smallest absolute Gasteiger partial charge is 0.337 e. The van der Waals surface area contributed by atoms with Crippen LogP contribution in [0, 0.1) is 6.92 Å². The third kappa shape index (κ3) is 4.66. The SMILES string of the molecule is Cc1nc(C(=O)NCCc2cccc(C(=O)N(C)C)c2)ccc1C(=O)O. The van der Waals surface area contributed by atoms with Crippen LogP contribution in [0.3, 0.4) is 0 Å². The largest absolute Gasteiger partial charge is 0.478 e. The molecule has 7 heteroatoms. The zero-order valence-electron chi connectivity index (χ0n) is 14.9. The second-order valence-electron chi connectivity index (χ2n) is 6.04. The molecule has 136 valence electrons. The number of aromatic nitrogens is 1. The van der Waals surface area contributed by atoms with Crippen molar-refractivity contribution in [2.75, 3.05) is 20.6 Å². The third-order valence-corrected chi connectivity index (χ3v) is 3.83. The molecule has 2 N–H and O–H groups in total. The van der Waals surface area contributed by atoms with E-state index >= 15 is 0 Å². The number of pyridine rings is 1. The molecule has 1 aromatic carbocycles. The van der Waals surface area contributed by atoms with Gasteiger partial charge in [0.1, 0.15) is 5.69 Å². The number of rotatable bonds is 6. The minimum Gasteiger partial charge on any atom is -0.478 e. The summed E-state index contributed by atoms with van der Waals surface area (Å²) in [6.07, 6.45) is 0.562. The van der Waals surface area contributed by atoms with E-state index in [9.17, 15) is 14.4 Å². The number of amides is 2. The zero-order valence-corrected chi connectivity index (χ0v) is 14.9. The average Bonchev–Trinajstić information content (AvgIpc) is 2.60. The van der Waals surface area contributed by atoms with Gasteiger partial charge in [0.15, 0.2) is 0 Å². The molecule has 0 saturated heterocycles. The van der Waals surface area contributed by atoms with Crippen molar-refractivity contribution >= 4 is 17.8 Å². The lowest BCUT2D eigenvalue weighted by atomic mass is 10.1. The van der Waals surface area contributed by atoms with Crippen LogP contribution in [0.15, 0.2) is 36.4 Å². The van der Waals surface area contributed by atoms with Crippen molar-refractivity contribution in [2.45, 2.75) is 13.3 Å². The maximum Gasteiger partial charge on any atom is 0.337 e. The first-order valence-corrected chi connectivity index (χ1v) is 8.09. The van der Waals surface area contributed by atoms with Crippen LogP contribution in [-0.2, 0) is 6.42 Å². The van der Waals surface area contributed by atoms with E-state index in [1.807, 2.05) is 12.1 Å². The Hall–Kier alpha value is -3.22. The Morgan fingerprint density at radius 1 is 1.15 bits per heavy atom. The van der Waals surface area contributed by atoms with Crippen LogP contribution in [0.1, 0.15) is 42.5 Å². The highest BCUT2D eigenvalue weighted by atomic mass is 16.4. The number of aromatic carboxylic acids is 1. The number of hydrogen-bond donors (Lipinski definition) is 2. The van der Waals surface area contributed by atoms with Crippen LogP contribution in [0.2, 0.25) is 0 Å². The van der Waals surface area contributed by atoms with Crippen molar-refractivity contribution in [3.8, 4) is 0 Å². The van der Waals surface area contributed by atoms with Gasteiger partial charge in [0, 0.05) is 26.2 Å². The molecule has 2 amide bonds. The molecule has 7 nitrogen and oxygen atoms in total. The van der Waals surface area contributed by atoms with Crippen LogP contribution in [0.4, 0.5) is 0 Å². The molecule has 0 fully saturated rings. The predicted molar refractivity (Wildman–Crippen MR) is 96.4 cm³/mol. The Morgan fingerprint density at radius 3 is 2.50 bits per heavy atom. The first kappa shape index (κ1) is 19.1. The van der Waals surface area contributed by atoms with Gasteiger partial charge in [0.2, 0.25) is 0 Å². The van der Waals surface area contributed by atoms with Gasteiger partial charge in [-0.25, -0.2) is 9.78 Å². The summed E-state index contributed by atoms with van der Waals surface area (Å²) in [7, 11) is 3.39. The number of carboxylic acid groups (broad SMARTS) is 1. The average molecular weight is 355 g/mol. The van der Waals surface area contributed by atoms with E-state index in [2.05, 4.69) is 10.3 Å². The summed E-state index contributed by atoms with van der Waals surface area (Å²) in [5, 5.41) is 11.7. The van der Waals surface area contributed by atoms with Crippen LogP contribution >= 0.6 is 0 Å². The van der Waals surface area contributed by atoms with Crippen molar-refractivity contribution in [2.24, 2.45) is 0 Å². The summed E-state index contributed by atoms with van der Waals surface area (Å²) >= 11 is 0. The number of nitrogens with zero attached hydrogens (tertiary/aromatic N) is 2. The van der Waals surface area contributed by atoms with Crippen molar-refractivity contribution in [3.05, 3.63) is 64.5 Å². The zero-order chi connectivity index (χ0) is 19.3. The molecular formula is C19H21N3O4. The van der Waals surface area contributed by atoms with Gasteiger partial charge < -0.3 is 15.3 Å². The molecule has 1 heterocycles. The second-order valence-corrected chi connectivity index (χ2v) is 6.04. The highest BCUT2D eigenvalue weighted by Gasteiger charge is 2.13. The molecule has 0 aliphatic carbocycles. The van der Waals surface area contributed by atoms with E-state index < -0.39 is 5.97 Å². The summed E-state index contributed by atoms with van der Waals surface area (Å²) < 4.78 is 0. The van der Waals surface area contributed by atoms with Gasteiger partial charge in [-0.1, -0.05) is 12.1 Å². The summed E-state index contributed by atoms with van der Waals surface area (Å²) in [5.41, 5.74) is 2.07. The number of benzene rings is 1. The Bertz CT molecular complexity index is 846. The summed E-state index contributed by atoms with van der Waals surface area (Å²) in [4.78, 5) is 40.7. The molecular weight excluding hydrogens is 334 g/mol. The predicted octanol–water partition coefficient (Wildman–Crippen LogP) is 1.76. The first-order valence-electron chi connectivity index (χ1n) is 8.09. The lowest BCUT2D eigenvalue weighted by Gasteiger charge is -2.11. The number of carboxylic acids is 1. The van der Waals surface area contributed by atoms with Gasteiger partial charge in [-0.15, -0.1) is 0 Å². The number of hydrogen-bond acceptors (Lipinski definition) is 4. The van der Waals surface area contributed by atoms with Gasteiger partial charge in [-0.05, 0) is 43.2 Å². The molecule has 0 radical (unpaired) electrons. The van der Waals surface area contributed by atoms with Gasteiger partial charge in [-0.3, -0.25) is 9.59 Å². The standard InChI is InChI=1S/C19H21N3O4/c1-12-15(19(25)26)7-8-16(21-12)17(23)20-10-9-13-5-4-6-14(11-13)18(24)22(2)3/h4-8,11H,9-10H2,1-3H3,(H,20,23)(H,25,26). The fourth-order valence-electron chi connectivity index (χ4n) is 2.44. The molecule has 0 unspecified atom stereocenters. The molecule has 2 aromatic rings. The van der Waals surface area contributed by atoms with E-state index in [1.165, 1.54) is 17.0 Å². The molecule has 0 aliphatic rings. The highest BCUT2D eigenvalue weighted by molar-refractivity contribution is 5.95. The number of carbonyl (C=O) groups is 3. The molecule has 26 heavy (non-hydrogen) atoms. The molecule has 0 atom stereocenters. The fraction of sp³-hybridized carbons (Fsp3) is 0.263. The quantitative estimate of drug-likeness (QED) is 0.822. The van der Waals surface area contributed by atoms with Gasteiger partial charge in [0.25, 0.3) is 11.8 Å².